The van der Waals surface area contributed by atoms with Gasteiger partial charge in [-0.05, 0) is 24.5 Å². The molecule has 3 rings (SSSR count). The number of ether oxygens (including phenoxy) is 2. The average Bonchev–Trinajstić information content (AvgIpc) is 2.49. The molecule has 3 N–H and O–H groups in total. The van der Waals surface area contributed by atoms with Crippen LogP contribution in [0.2, 0.25) is 0 Å². The number of anilines is 2. The van der Waals surface area contributed by atoms with Crippen molar-refractivity contribution in [2.24, 2.45) is 0 Å². The van der Waals surface area contributed by atoms with Crippen LogP contribution in [0, 0.1) is 0 Å². The zero-order valence-corrected chi connectivity index (χ0v) is 13.1. The minimum atomic E-state index is 0. The largest absolute Gasteiger partial charge is 0.485 e. The molecule has 1 aliphatic rings. The lowest BCUT2D eigenvalue weighted by Crippen LogP contribution is -2.19. The van der Waals surface area contributed by atoms with Crippen LogP contribution in [0.1, 0.15) is 0 Å². The number of nitrogens with one attached hydrogen (secondary N) is 1. The number of halogens is 1. The smallest absolute Gasteiger partial charge is 0.204 e. The number of aromatic nitrogens is 1. The van der Waals surface area contributed by atoms with E-state index in [-0.39, 0.29) is 12.4 Å². The van der Waals surface area contributed by atoms with Crippen molar-refractivity contribution < 1.29 is 9.47 Å². The summed E-state index contributed by atoms with van der Waals surface area (Å²) in [6.45, 7) is 1.36. The first kappa shape index (κ1) is 15.6. The molecule has 0 fully saturated rings. The number of fused-ring (bicyclic) bond motifs is 1. The van der Waals surface area contributed by atoms with Crippen molar-refractivity contribution in [1.29, 1.82) is 0 Å². The number of pyridine rings is 1. The number of rotatable bonds is 3. The van der Waals surface area contributed by atoms with E-state index < -0.39 is 0 Å². The molecular formula is C14H16ClN3O2S. The van der Waals surface area contributed by atoms with Crippen LogP contribution >= 0.6 is 24.2 Å². The fourth-order valence-electron chi connectivity index (χ4n) is 1.98. The van der Waals surface area contributed by atoms with E-state index in [0.29, 0.717) is 23.9 Å². The van der Waals surface area contributed by atoms with Crippen molar-refractivity contribution in [1.82, 2.24) is 4.98 Å². The summed E-state index contributed by atoms with van der Waals surface area (Å²) in [4.78, 5) is 5.22. The third-order valence-electron chi connectivity index (χ3n) is 2.94. The van der Waals surface area contributed by atoms with E-state index in [9.17, 15) is 0 Å². The Bertz CT molecular complexity index is 640. The van der Waals surface area contributed by atoms with Crippen LogP contribution < -0.4 is 20.5 Å². The molecule has 7 heteroatoms. The zero-order chi connectivity index (χ0) is 13.9. The van der Waals surface area contributed by atoms with Gasteiger partial charge in [0.15, 0.2) is 11.6 Å². The Morgan fingerprint density at radius 3 is 3.05 bits per heavy atom. The highest BCUT2D eigenvalue weighted by atomic mass is 35.5. The van der Waals surface area contributed by atoms with Gasteiger partial charge in [-0.2, -0.15) is 0 Å². The van der Waals surface area contributed by atoms with Crippen molar-refractivity contribution >= 4 is 35.7 Å². The van der Waals surface area contributed by atoms with Gasteiger partial charge in [-0.3, -0.25) is 0 Å². The first-order chi connectivity index (χ1) is 9.78. The minimum absolute atomic E-state index is 0. The number of benzene rings is 1. The monoisotopic (exact) mass is 325 g/mol. The van der Waals surface area contributed by atoms with Gasteiger partial charge in [0.1, 0.15) is 12.4 Å². The van der Waals surface area contributed by atoms with Crippen molar-refractivity contribution in [3.8, 4) is 17.2 Å². The molecular weight excluding hydrogens is 310 g/mol. The Balaban J connectivity index is 0.00000161. The normalized spacial score (nSPS) is 12.4. The van der Waals surface area contributed by atoms with Gasteiger partial charge in [-0.1, -0.05) is 0 Å². The summed E-state index contributed by atoms with van der Waals surface area (Å²) in [5.41, 5.74) is 6.63. The van der Waals surface area contributed by atoms with E-state index in [1.165, 1.54) is 0 Å². The molecule has 2 heterocycles. The van der Waals surface area contributed by atoms with E-state index in [1.807, 2.05) is 24.5 Å². The first-order valence-electron chi connectivity index (χ1n) is 6.25. The van der Waals surface area contributed by atoms with E-state index in [4.69, 9.17) is 15.2 Å². The van der Waals surface area contributed by atoms with Gasteiger partial charge in [0.05, 0.1) is 6.54 Å². The summed E-state index contributed by atoms with van der Waals surface area (Å²) >= 11 is 1.59. The molecule has 0 bridgehead atoms. The molecule has 2 aromatic rings. The number of hydrogen-bond donors (Lipinski definition) is 2. The predicted molar refractivity (Wildman–Crippen MR) is 88.2 cm³/mol. The van der Waals surface area contributed by atoms with Crippen molar-refractivity contribution in [3.63, 3.8) is 0 Å². The topological polar surface area (TPSA) is 69.4 Å². The molecule has 5 nitrogen and oxygen atoms in total. The maximum absolute atomic E-state index is 5.90. The van der Waals surface area contributed by atoms with Gasteiger partial charge in [-0.25, -0.2) is 4.98 Å². The zero-order valence-electron chi connectivity index (χ0n) is 11.5. The maximum Gasteiger partial charge on any atom is 0.204 e. The Hall–Kier alpha value is -1.79. The lowest BCUT2D eigenvalue weighted by Gasteiger charge is -2.20. The lowest BCUT2D eigenvalue weighted by molar-refractivity contribution is 0.304. The van der Waals surface area contributed by atoms with E-state index in [0.717, 1.165) is 22.9 Å². The van der Waals surface area contributed by atoms with Gasteiger partial charge in [-0.15, -0.1) is 24.2 Å². The number of nitrogens with zero attached hydrogens (tertiary/aromatic N) is 1. The van der Waals surface area contributed by atoms with Crippen molar-refractivity contribution in [2.75, 3.05) is 30.5 Å². The second kappa shape index (κ2) is 6.78. The third-order valence-corrected chi connectivity index (χ3v) is 3.74. The van der Waals surface area contributed by atoms with Gasteiger partial charge in [0.25, 0.3) is 0 Å². The van der Waals surface area contributed by atoms with E-state index >= 15 is 0 Å². The highest BCUT2D eigenvalue weighted by Crippen LogP contribution is 2.39. The fourth-order valence-corrected chi connectivity index (χ4v) is 2.52. The second-order valence-corrected chi connectivity index (χ2v) is 5.12. The van der Waals surface area contributed by atoms with Crippen LogP contribution in [-0.4, -0.2) is 24.4 Å². The molecule has 0 saturated carbocycles. The summed E-state index contributed by atoms with van der Waals surface area (Å²) in [6, 6.07) is 7.40. The minimum Gasteiger partial charge on any atom is -0.485 e. The summed E-state index contributed by atoms with van der Waals surface area (Å²) in [5, 5.41) is 3.18. The summed E-state index contributed by atoms with van der Waals surface area (Å²) < 4.78 is 11.5. The predicted octanol–water partition coefficient (Wildman–Crippen LogP) is 3.40. The Morgan fingerprint density at radius 2 is 2.24 bits per heavy atom. The molecule has 21 heavy (non-hydrogen) atoms. The Kier molecular flexibility index (Phi) is 5.03. The molecule has 112 valence electrons. The second-order valence-electron chi connectivity index (χ2n) is 4.27. The molecule has 0 atom stereocenters. The Labute approximate surface area is 133 Å². The number of nitrogen functional groups attached to an aromatic ring is 1. The molecule has 0 saturated heterocycles. The molecule has 1 aromatic carbocycles. The highest BCUT2D eigenvalue weighted by Gasteiger charge is 2.17. The SMILES string of the molecule is CSc1cc(Oc2ccnc3c2OCCN3)ccc1N.Cl. The third kappa shape index (κ3) is 3.28. The Morgan fingerprint density at radius 1 is 1.38 bits per heavy atom. The number of thioether (sulfide) groups is 1. The van der Waals surface area contributed by atoms with Gasteiger partial charge in [0.2, 0.25) is 5.75 Å². The van der Waals surface area contributed by atoms with Crippen LogP contribution in [0.4, 0.5) is 11.5 Å². The standard InChI is InChI=1S/C14H15N3O2S.ClH/c1-20-12-8-9(2-3-10(12)15)19-11-4-5-16-14-13(11)18-7-6-17-14;/h2-5,8H,6-7,15H2,1H3,(H,16,17);1H. The van der Waals surface area contributed by atoms with Crippen LogP contribution in [0.25, 0.3) is 0 Å². The number of nitrogens with two attached hydrogens (primary N) is 1. The van der Waals surface area contributed by atoms with Crippen LogP contribution in [-0.2, 0) is 0 Å². The summed E-state index contributed by atoms with van der Waals surface area (Å²) in [7, 11) is 0. The average molecular weight is 326 g/mol. The quantitative estimate of drug-likeness (QED) is 0.666. The van der Waals surface area contributed by atoms with Crippen LogP contribution in [0.5, 0.6) is 17.2 Å². The molecule has 1 aliphatic heterocycles. The molecule has 0 aliphatic carbocycles. The summed E-state index contributed by atoms with van der Waals surface area (Å²) in [6.07, 6.45) is 3.68. The first-order valence-corrected chi connectivity index (χ1v) is 7.47. The van der Waals surface area contributed by atoms with Gasteiger partial charge >= 0.3 is 0 Å². The molecule has 0 radical (unpaired) electrons. The lowest BCUT2D eigenvalue weighted by atomic mass is 10.3. The van der Waals surface area contributed by atoms with E-state index in [1.54, 1.807) is 24.0 Å². The molecule has 0 amide bonds. The van der Waals surface area contributed by atoms with Crippen LogP contribution in [0.3, 0.4) is 0 Å². The molecule has 1 aromatic heterocycles. The molecule has 0 unspecified atom stereocenters. The summed E-state index contributed by atoms with van der Waals surface area (Å²) in [5.74, 6) is 2.75. The highest BCUT2D eigenvalue weighted by molar-refractivity contribution is 7.98. The molecule has 0 spiro atoms. The number of hydrogen-bond acceptors (Lipinski definition) is 6. The fraction of sp³-hybridized carbons (Fsp3) is 0.214. The van der Waals surface area contributed by atoms with Crippen molar-refractivity contribution in [3.05, 3.63) is 30.5 Å². The van der Waals surface area contributed by atoms with Gasteiger partial charge in [0, 0.05) is 22.8 Å². The van der Waals surface area contributed by atoms with Crippen molar-refractivity contribution in [2.45, 2.75) is 4.90 Å². The maximum atomic E-state index is 5.90. The van der Waals surface area contributed by atoms with Crippen LogP contribution in [0.15, 0.2) is 35.4 Å². The van der Waals surface area contributed by atoms with Gasteiger partial charge < -0.3 is 20.5 Å². The van der Waals surface area contributed by atoms with E-state index in [2.05, 4.69) is 10.3 Å².